The Morgan fingerprint density at radius 1 is 1.00 bits per heavy atom. The van der Waals surface area contributed by atoms with Crippen molar-refractivity contribution in [1.29, 1.82) is 0 Å². The summed E-state index contributed by atoms with van der Waals surface area (Å²) in [5.74, 6) is -0.244. The summed E-state index contributed by atoms with van der Waals surface area (Å²) in [5.41, 5.74) is 2.27. The van der Waals surface area contributed by atoms with Crippen LogP contribution in [0.2, 0.25) is 0 Å². The van der Waals surface area contributed by atoms with E-state index < -0.39 is 0 Å². The quantitative estimate of drug-likeness (QED) is 0.810. The number of benzene rings is 2. The van der Waals surface area contributed by atoms with Crippen molar-refractivity contribution in [3.63, 3.8) is 0 Å². The van der Waals surface area contributed by atoms with Crippen molar-refractivity contribution in [3.8, 4) is 0 Å². The van der Waals surface area contributed by atoms with Crippen LogP contribution in [0.3, 0.4) is 0 Å². The van der Waals surface area contributed by atoms with E-state index in [0.717, 1.165) is 11.1 Å². The Kier molecular flexibility index (Phi) is 3.88. The van der Waals surface area contributed by atoms with E-state index in [-0.39, 0.29) is 24.1 Å². The molecule has 0 saturated heterocycles. The molecule has 0 unspecified atom stereocenters. The number of hydrogen-bond donors (Lipinski definition) is 0. The topological polar surface area (TPSA) is 43.4 Å². The molecule has 3 rings (SSSR count). The van der Waals surface area contributed by atoms with Crippen molar-refractivity contribution in [2.45, 2.75) is 19.3 Å². The van der Waals surface area contributed by atoms with Crippen molar-refractivity contribution in [2.75, 3.05) is 0 Å². The fourth-order valence-electron chi connectivity index (χ4n) is 2.82. The number of rotatable bonds is 3. The molecule has 0 bridgehead atoms. The third-order valence-corrected chi connectivity index (χ3v) is 3.80. The first kappa shape index (κ1) is 14.3. The maximum absolute atomic E-state index is 12.2. The second-order valence-corrected chi connectivity index (χ2v) is 5.31. The molecule has 0 aromatic heterocycles. The molecule has 0 saturated carbocycles. The molecule has 110 valence electrons. The summed E-state index contributed by atoms with van der Waals surface area (Å²) in [6.45, 7) is 1.52. The zero-order valence-electron chi connectivity index (χ0n) is 12.3. The Labute approximate surface area is 129 Å². The highest BCUT2D eigenvalue weighted by molar-refractivity contribution is 6.04. The van der Waals surface area contributed by atoms with E-state index in [1.54, 1.807) is 0 Å². The van der Waals surface area contributed by atoms with Gasteiger partial charge in [0.25, 0.3) is 0 Å². The minimum atomic E-state index is -0.308. The van der Waals surface area contributed by atoms with E-state index in [2.05, 4.69) is 0 Å². The van der Waals surface area contributed by atoms with Gasteiger partial charge < -0.3 is 4.74 Å². The zero-order chi connectivity index (χ0) is 15.5. The monoisotopic (exact) mass is 292 g/mol. The van der Waals surface area contributed by atoms with E-state index >= 15 is 0 Å². The molecule has 3 heteroatoms. The van der Waals surface area contributed by atoms with Gasteiger partial charge in [0.15, 0.2) is 5.78 Å². The average Bonchev–Trinajstić information content (AvgIpc) is 2.55. The minimum absolute atomic E-state index is 0.0693. The lowest BCUT2D eigenvalue weighted by Crippen LogP contribution is -2.23. The highest BCUT2D eigenvalue weighted by Crippen LogP contribution is 2.39. The molecule has 22 heavy (non-hydrogen) atoms. The van der Waals surface area contributed by atoms with Crippen LogP contribution in [0.15, 0.2) is 66.2 Å². The maximum Gasteiger partial charge on any atom is 0.312 e. The average molecular weight is 292 g/mol. The third-order valence-electron chi connectivity index (χ3n) is 3.80. The van der Waals surface area contributed by atoms with Gasteiger partial charge in [-0.25, -0.2) is 0 Å². The van der Waals surface area contributed by atoms with Crippen LogP contribution in [-0.4, -0.2) is 11.8 Å². The van der Waals surface area contributed by atoms with Crippen molar-refractivity contribution in [2.24, 2.45) is 0 Å². The van der Waals surface area contributed by atoms with Gasteiger partial charge in [0.05, 0.1) is 6.42 Å². The van der Waals surface area contributed by atoms with Crippen molar-refractivity contribution < 1.29 is 14.3 Å². The molecule has 3 nitrogen and oxygen atoms in total. The first-order valence-corrected chi connectivity index (χ1v) is 7.23. The fourth-order valence-corrected chi connectivity index (χ4v) is 2.82. The molecule has 1 heterocycles. The van der Waals surface area contributed by atoms with Crippen LogP contribution in [0.25, 0.3) is 5.76 Å². The molecule has 2 aromatic carbocycles. The van der Waals surface area contributed by atoms with Crippen LogP contribution < -0.4 is 0 Å². The molecule has 0 aliphatic carbocycles. The predicted molar refractivity (Wildman–Crippen MR) is 83.9 cm³/mol. The third kappa shape index (κ3) is 2.70. The van der Waals surface area contributed by atoms with E-state index in [4.69, 9.17) is 4.74 Å². The standard InChI is InChI=1S/C19H16O3/c1-13(20)18-16(14-8-4-2-5-9-14)12-17(21)22-19(18)15-10-6-3-7-11-15/h2-11,16H,12H2,1H3/t16-/m1/s1. The normalized spacial score (nSPS) is 18.0. The smallest absolute Gasteiger partial charge is 0.312 e. The Hall–Kier alpha value is -2.68. The number of cyclic esters (lactones) is 1. The van der Waals surface area contributed by atoms with Gasteiger partial charge in [-0.05, 0) is 12.5 Å². The molecule has 2 aromatic rings. The molecular formula is C19H16O3. The highest BCUT2D eigenvalue weighted by Gasteiger charge is 2.33. The van der Waals surface area contributed by atoms with E-state index in [9.17, 15) is 9.59 Å². The summed E-state index contributed by atoms with van der Waals surface area (Å²) < 4.78 is 5.42. The number of hydrogen-bond acceptors (Lipinski definition) is 3. The predicted octanol–water partition coefficient (Wildman–Crippen LogP) is 3.72. The van der Waals surface area contributed by atoms with Crippen LogP contribution >= 0.6 is 0 Å². The Morgan fingerprint density at radius 3 is 2.18 bits per heavy atom. The van der Waals surface area contributed by atoms with Gasteiger partial charge in [-0.15, -0.1) is 0 Å². The zero-order valence-corrected chi connectivity index (χ0v) is 12.3. The number of ether oxygens (including phenoxy) is 1. The molecule has 1 aliphatic rings. The largest absolute Gasteiger partial charge is 0.425 e. The number of Topliss-reactive ketones (excluding diaryl/α,β-unsaturated/α-hetero) is 1. The van der Waals surface area contributed by atoms with Crippen LogP contribution in [-0.2, 0) is 14.3 Å². The van der Waals surface area contributed by atoms with Crippen molar-refractivity contribution in [3.05, 3.63) is 77.4 Å². The molecule has 0 spiro atoms. The van der Waals surface area contributed by atoms with E-state index in [0.29, 0.717) is 11.3 Å². The lowest BCUT2D eigenvalue weighted by molar-refractivity contribution is -0.138. The maximum atomic E-state index is 12.2. The number of carbonyl (C=O) groups excluding carboxylic acids is 2. The van der Waals surface area contributed by atoms with Crippen LogP contribution in [0.1, 0.15) is 30.4 Å². The van der Waals surface area contributed by atoms with E-state index in [1.165, 1.54) is 6.92 Å². The highest BCUT2D eigenvalue weighted by atomic mass is 16.5. The number of esters is 1. The first-order valence-electron chi connectivity index (χ1n) is 7.23. The van der Waals surface area contributed by atoms with Gasteiger partial charge in [0.2, 0.25) is 0 Å². The second-order valence-electron chi connectivity index (χ2n) is 5.31. The Balaban J connectivity index is 2.18. The second kappa shape index (κ2) is 5.98. The van der Waals surface area contributed by atoms with Crippen LogP contribution in [0.4, 0.5) is 0 Å². The summed E-state index contributed by atoms with van der Waals surface area (Å²) in [5, 5.41) is 0. The SMILES string of the molecule is CC(=O)C1=C(c2ccccc2)OC(=O)C[C@@H]1c1ccccc1. The van der Waals surface area contributed by atoms with Gasteiger partial charge in [-0.3, -0.25) is 9.59 Å². The summed E-state index contributed by atoms with van der Waals surface area (Å²) >= 11 is 0. The lowest BCUT2D eigenvalue weighted by atomic mass is 9.83. The number of ketones is 1. The summed E-state index contributed by atoms with van der Waals surface area (Å²) in [7, 11) is 0. The minimum Gasteiger partial charge on any atom is -0.425 e. The van der Waals surface area contributed by atoms with Gasteiger partial charge in [-0.2, -0.15) is 0 Å². The summed E-state index contributed by atoms with van der Waals surface area (Å²) in [6, 6.07) is 18.9. The molecule has 0 radical (unpaired) electrons. The molecule has 0 fully saturated rings. The fraction of sp³-hybridized carbons (Fsp3) is 0.158. The van der Waals surface area contributed by atoms with Gasteiger partial charge in [0.1, 0.15) is 5.76 Å². The van der Waals surface area contributed by atoms with Crippen molar-refractivity contribution >= 4 is 17.5 Å². The van der Waals surface area contributed by atoms with E-state index in [1.807, 2.05) is 60.7 Å². The number of allylic oxidation sites excluding steroid dienone is 1. The molecule has 1 atom stereocenters. The summed E-state index contributed by atoms with van der Waals surface area (Å²) in [6.07, 6.45) is 0.190. The number of carbonyl (C=O) groups is 2. The molecule has 1 aliphatic heterocycles. The van der Waals surface area contributed by atoms with Crippen molar-refractivity contribution in [1.82, 2.24) is 0 Å². The molecular weight excluding hydrogens is 276 g/mol. The Morgan fingerprint density at radius 2 is 1.59 bits per heavy atom. The summed E-state index contributed by atoms with van der Waals surface area (Å²) in [4.78, 5) is 24.3. The molecule has 0 amide bonds. The lowest BCUT2D eigenvalue weighted by Gasteiger charge is -2.26. The van der Waals surface area contributed by atoms with Gasteiger partial charge >= 0.3 is 5.97 Å². The molecule has 0 N–H and O–H groups in total. The van der Waals surface area contributed by atoms with Gasteiger partial charge in [0, 0.05) is 17.1 Å². The van der Waals surface area contributed by atoms with Gasteiger partial charge in [-0.1, -0.05) is 60.7 Å². The first-order chi connectivity index (χ1) is 10.7. The van der Waals surface area contributed by atoms with Crippen LogP contribution in [0.5, 0.6) is 0 Å². The Bertz CT molecular complexity index is 730. The van der Waals surface area contributed by atoms with Crippen LogP contribution in [0, 0.1) is 0 Å².